The first-order valence-corrected chi connectivity index (χ1v) is 8.87. The maximum Gasteiger partial charge on any atom is 0.280 e. The van der Waals surface area contributed by atoms with Crippen LogP contribution in [-0.2, 0) is 16.7 Å². The molecule has 2 aromatic rings. The molecule has 0 aliphatic carbocycles. The maximum atomic E-state index is 12.8. The highest BCUT2D eigenvalue weighted by atomic mass is 16.5. The van der Waals surface area contributed by atoms with Gasteiger partial charge < -0.3 is 14.6 Å². The fourth-order valence-corrected chi connectivity index (χ4v) is 3.57. The number of hydrogen-bond donors (Lipinski definition) is 1. The van der Waals surface area contributed by atoms with Crippen LogP contribution in [0.15, 0.2) is 10.9 Å². The summed E-state index contributed by atoms with van der Waals surface area (Å²) in [7, 11) is 0. The number of fused-ring (bicyclic) bond motifs is 2. The van der Waals surface area contributed by atoms with Gasteiger partial charge in [0.15, 0.2) is 0 Å². The summed E-state index contributed by atoms with van der Waals surface area (Å²) in [6.07, 6.45) is 1.93. The lowest BCUT2D eigenvalue weighted by Crippen LogP contribution is -2.33. The smallest absolute Gasteiger partial charge is 0.280 e. The van der Waals surface area contributed by atoms with Gasteiger partial charge in [-0.2, -0.15) is 9.61 Å². The molecular weight excluding hydrogens is 320 g/mol. The lowest BCUT2D eigenvalue weighted by atomic mass is 9.93. The van der Waals surface area contributed by atoms with Crippen LogP contribution >= 0.6 is 0 Å². The van der Waals surface area contributed by atoms with Crippen molar-refractivity contribution in [3.05, 3.63) is 33.4 Å². The number of ether oxygens (including phenoxy) is 1. The highest BCUT2D eigenvalue weighted by molar-refractivity contribution is 5.96. The van der Waals surface area contributed by atoms with E-state index in [-0.39, 0.29) is 16.9 Å². The summed E-state index contributed by atoms with van der Waals surface area (Å²) in [5.41, 5.74) is 2.00. The van der Waals surface area contributed by atoms with E-state index >= 15 is 0 Å². The van der Waals surface area contributed by atoms with Crippen LogP contribution in [0, 0.1) is 5.92 Å². The summed E-state index contributed by atoms with van der Waals surface area (Å²) >= 11 is 0. The number of carbonyl (C=O) groups excluding carboxylic acids is 1. The van der Waals surface area contributed by atoms with Gasteiger partial charge in [-0.1, -0.05) is 20.8 Å². The van der Waals surface area contributed by atoms with Gasteiger partial charge in [-0.15, -0.1) is 0 Å². The molecule has 134 valence electrons. The normalized spacial score (nSPS) is 19.0. The van der Waals surface area contributed by atoms with Gasteiger partial charge >= 0.3 is 0 Å². The second-order valence-corrected chi connectivity index (χ2v) is 8.10. The minimum Gasteiger partial charge on any atom is -0.381 e. The summed E-state index contributed by atoms with van der Waals surface area (Å²) in [5, 5.41) is 4.45. The van der Waals surface area contributed by atoms with E-state index in [4.69, 9.17) is 4.74 Å². The lowest BCUT2D eigenvalue weighted by Gasteiger charge is -2.26. The number of aromatic nitrogens is 3. The van der Waals surface area contributed by atoms with E-state index in [0.29, 0.717) is 35.9 Å². The SMILES string of the molecule is CC(C)(C)c1cc2[nH]c3c(c(=O)n2n1)CN(CC1CCOCC1)C3=O. The molecule has 2 aliphatic heterocycles. The maximum absolute atomic E-state index is 12.8. The summed E-state index contributed by atoms with van der Waals surface area (Å²) in [6.45, 7) is 8.69. The van der Waals surface area contributed by atoms with E-state index in [0.717, 1.165) is 31.7 Å². The van der Waals surface area contributed by atoms with Crippen molar-refractivity contribution < 1.29 is 9.53 Å². The third-order valence-corrected chi connectivity index (χ3v) is 5.15. The highest BCUT2D eigenvalue weighted by Crippen LogP contribution is 2.25. The zero-order valence-corrected chi connectivity index (χ0v) is 15.0. The molecule has 0 aromatic carbocycles. The van der Waals surface area contributed by atoms with Gasteiger partial charge in [-0.25, -0.2) is 0 Å². The summed E-state index contributed by atoms with van der Waals surface area (Å²) in [6, 6.07) is 1.86. The van der Waals surface area contributed by atoms with E-state index in [1.165, 1.54) is 4.52 Å². The molecule has 4 rings (SSSR count). The molecule has 0 radical (unpaired) electrons. The Hall–Kier alpha value is -2.15. The van der Waals surface area contributed by atoms with Crippen molar-refractivity contribution in [2.75, 3.05) is 19.8 Å². The highest BCUT2D eigenvalue weighted by Gasteiger charge is 2.34. The Kier molecular flexibility index (Phi) is 3.72. The zero-order valence-electron chi connectivity index (χ0n) is 15.0. The van der Waals surface area contributed by atoms with E-state index in [9.17, 15) is 9.59 Å². The van der Waals surface area contributed by atoms with Gasteiger partial charge in [-0.05, 0) is 18.8 Å². The first kappa shape index (κ1) is 16.3. The Bertz CT molecular complexity index is 884. The Balaban J connectivity index is 1.67. The van der Waals surface area contributed by atoms with Crippen LogP contribution in [0.25, 0.3) is 5.65 Å². The molecule has 4 heterocycles. The topological polar surface area (TPSA) is 79.7 Å². The van der Waals surface area contributed by atoms with Gasteiger partial charge in [-0.3, -0.25) is 9.59 Å². The number of aromatic amines is 1. The summed E-state index contributed by atoms with van der Waals surface area (Å²) in [5.74, 6) is 0.360. The number of nitrogens with zero attached hydrogens (tertiary/aromatic N) is 3. The van der Waals surface area contributed by atoms with Crippen LogP contribution in [0.1, 0.15) is 55.4 Å². The van der Waals surface area contributed by atoms with Gasteiger partial charge in [0.2, 0.25) is 0 Å². The quantitative estimate of drug-likeness (QED) is 0.899. The second-order valence-electron chi connectivity index (χ2n) is 8.10. The van der Waals surface area contributed by atoms with E-state index in [1.807, 2.05) is 26.8 Å². The largest absolute Gasteiger partial charge is 0.381 e. The lowest BCUT2D eigenvalue weighted by molar-refractivity contribution is 0.0467. The van der Waals surface area contributed by atoms with Crippen LogP contribution in [0.2, 0.25) is 0 Å². The Morgan fingerprint density at radius 2 is 2.00 bits per heavy atom. The first-order valence-electron chi connectivity index (χ1n) is 8.87. The molecule has 0 spiro atoms. The average Bonchev–Trinajstić information content (AvgIpc) is 3.13. The van der Waals surface area contributed by atoms with E-state index in [1.54, 1.807) is 4.90 Å². The number of carbonyl (C=O) groups is 1. The summed E-state index contributed by atoms with van der Waals surface area (Å²) in [4.78, 5) is 30.5. The summed E-state index contributed by atoms with van der Waals surface area (Å²) < 4.78 is 6.77. The zero-order chi connectivity index (χ0) is 17.8. The van der Waals surface area contributed by atoms with Crippen molar-refractivity contribution in [2.24, 2.45) is 5.92 Å². The third-order valence-electron chi connectivity index (χ3n) is 5.15. The molecule has 0 atom stereocenters. The molecule has 0 bridgehead atoms. The van der Waals surface area contributed by atoms with Crippen molar-refractivity contribution in [3.63, 3.8) is 0 Å². The van der Waals surface area contributed by atoms with Crippen molar-refractivity contribution in [1.82, 2.24) is 19.5 Å². The molecule has 7 nitrogen and oxygen atoms in total. The van der Waals surface area contributed by atoms with Crippen molar-refractivity contribution >= 4 is 11.6 Å². The predicted molar refractivity (Wildman–Crippen MR) is 92.8 cm³/mol. The molecule has 0 unspecified atom stereocenters. The minimum atomic E-state index is -0.193. The fourth-order valence-electron chi connectivity index (χ4n) is 3.57. The molecule has 25 heavy (non-hydrogen) atoms. The minimum absolute atomic E-state index is 0.0837. The predicted octanol–water partition coefficient (Wildman–Crippen LogP) is 1.70. The fraction of sp³-hybridized carbons (Fsp3) is 0.611. The molecular formula is C18H24N4O3. The molecule has 1 N–H and O–H groups in total. The van der Waals surface area contributed by atoms with Crippen LogP contribution in [0.3, 0.4) is 0 Å². The molecule has 1 amide bonds. The molecule has 1 saturated heterocycles. The number of rotatable bonds is 2. The Morgan fingerprint density at radius 3 is 2.68 bits per heavy atom. The number of hydrogen-bond acceptors (Lipinski definition) is 4. The van der Waals surface area contributed by atoms with Gasteiger partial charge in [0, 0.05) is 31.2 Å². The molecule has 1 fully saturated rings. The molecule has 0 saturated carbocycles. The monoisotopic (exact) mass is 344 g/mol. The van der Waals surface area contributed by atoms with Crippen molar-refractivity contribution in [1.29, 1.82) is 0 Å². The van der Waals surface area contributed by atoms with Crippen molar-refractivity contribution in [3.8, 4) is 0 Å². The van der Waals surface area contributed by atoms with Gasteiger partial charge in [0.05, 0.1) is 17.8 Å². The van der Waals surface area contributed by atoms with Crippen molar-refractivity contribution in [2.45, 2.75) is 45.6 Å². The van der Waals surface area contributed by atoms with Crippen LogP contribution in [0.5, 0.6) is 0 Å². The molecule has 7 heteroatoms. The Morgan fingerprint density at radius 1 is 1.28 bits per heavy atom. The number of H-pyrrole nitrogens is 1. The molecule has 2 aliphatic rings. The van der Waals surface area contributed by atoms with Gasteiger partial charge in [0.1, 0.15) is 11.3 Å². The van der Waals surface area contributed by atoms with E-state index in [2.05, 4.69) is 10.1 Å². The second kappa shape index (κ2) is 5.69. The standard InChI is InChI=1S/C18H24N4O3/c1-18(2,3)13-8-14-19-15-12(16(23)22(14)20-13)10-21(17(15)24)9-11-4-6-25-7-5-11/h8,11,19H,4-7,9-10H2,1-3H3. The van der Waals surface area contributed by atoms with E-state index < -0.39 is 0 Å². The van der Waals surface area contributed by atoms with Crippen LogP contribution in [0.4, 0.5) is 0 Å². The number of nitrogens with one attached hydrogen (secondary N) is 1. The first-order chi connectivity index (χ1) is 11.8. The number of amides is 1. The average molecular weight is 344 g/mol. The Labute approximate surface area is 146 Å². The van der Waals surface area contributed by atoms with Crippen LogP contribution in [-0.4, -0.2) is 45.2 Å². The molecule has 2 aromatic heterocycles. The van der Waals surface area contributed by atoms with Gasteiger partial charge in [0.25, 0.3) is 11.5 Å². The van der Waals surface area contributed by atoms with Crippen LogP contribution < -0.4 is 5.56 Å². The third kappa shape index (κ3) is 2.76.